The Morgan fingerprint density at radius 2 is 1.84 bits per heavy atom. The van der Waals surface area contributed by atoms with E-state index in [4.69, 9.17) is 9.47 Å². The first-order chi connectivity index (χ1) is 17.7. The van der Waals surface area contributed by atoms with Crippen molar-refractivity contribution in [1.29, 1.82) is 0 Å². The van der Waals surface area contributed by atoms with Crippen molar-refractivity contribution >= 4 is 43.6 Å². The summed E-state index contributed by atoms with van der Waals surface area (Å²) in [4.78, 5) is 11.3. The molecule has 0 amide bonds. The van der Waals surface area contributed by atoms with Crippen LogP contribution >= 0.6 is 43.6 Å². The third kappa shape index (κ3) is 6.71. The number of aromatic nitrogens is 3. The van der Waals surface area contributed by atoms with Gasteiger partial charge in [-0.1, -0.05) is 52.0 Å². The van der Waals surface area contributed by atoms with Crippen molar-refractivity contribution in [2.45, 2.75) is 30.9 Å². The van der Waals surface area contributed by atoms with Crippen LogP contribution in [0.1, 0.15) is 27.8 Å². The number of rotatable bonds is 10. The molecule has 1 aromatic heterocycles. The highest BCUT2D eigenvalue weighted by atomic mass is 79.9. The van der Waals surface area contributed by atoms with Crippen LogP contribution in [0.2, 0.25) is 0 Å². The van der Waals surface area contributed by atoms with E-state index in [1.165, 1.54) is 11.8 Å². The molecule has 0 spiro atoms. The Balaban J connectivity index is 1.65. The minimum atomic E-state index is -0.548. The molecule has 0 fully saturated rings. The van der Waals surface area contributed by atoms with Gasteiger partial charge in [0.1, 0.15) is 17.7 Å². The van der Waals surface area contributed by atoms with Crippen molar-refractivity contribution in [1.82, 2.24) is 14.8 Å². The van der Waals surface area contributed by atoms with Gasteiger partial charge in [0.05, 0.1) is 11.6 Å². The summed E-state index contributed by atoms with van der Waals surface area (Å²) in [6.07, 6.45) is 0. The molecule has 0 saturated carbocycles. The second kappa shape index (κ2) is 12.1. The van der Waals surface area contributed by atoms with Crippen LogP contribution in [0.15, 0.2) is 74.8 Å². The summed E-state index contributed by atoms with van der Waals surface area (Å²) in [5.74, 6) is 1.70. The number of benzene rings is 3. The Labute approximate surface area is 235 Å². The smallest absolute Gasteiger partial charge is 0.220 e. The number of methoxy groups -OCH3 is 1. The predicted molar refractivity (Wildman–Crippen MR) is 150 cm³/mol. The molecular weight excluding hydrogens is 624 g/mol. The summed E-state index contributed by atoms with van der Waals surface area (Å²) < 4.78 is 15.2. The number of nitro groups is 1. The summed E-state index contributed by atoms with van der Waals surface area (Å²) in [6, 6.07) is 19.4. The van der Waals surface area contributed by atoms with Crippen molar-refractivity contribution in [3.05, 3.63) is 102 Å². The fourth-order valence-electron chi connectivity index (χ4n) is 3.76. The molecule has 1 heterocycles. The predicted octanol–water partition coefficient (Wildman–Crippen LogP) is 7.11. The van der Waals surface area contributed by atoms with Crippen LogP contribution in [0.5, 0.6) is 11.5 Å². The number of hydrogen-bond acceptors (Lipinski definition) is 7. The summed E-state index contributed by atoms with van der Waals surface area (Å²) >= 11 is 8.30. The van der Waals surface area contributed by atoms with Gasteiger partial charge in [0, 0.05) is 15.1 Å². The lowest BCUT2D eigenvalue weighted by Gasteiger charge is -2.18. The Morgan fingerprint density at radius 1 is 1.08 bits per heavy atom. The molecule has 0 bridgehead atoms. The van der Waals surface area contributed by atoms with Gasteiger partial charge in [0.25, 0.3) is 0 Å². The Morgan fingerprint density at radius 3 is 2.51 bits per heavy atom. The average Bonchev–Trinajstić information content (AvgIpc) is 3.23. The third-order valence-electron chi connectivity index (χ3n) is 5.54. The van der Waals surface area contributed by atoms with Gasteiger partial charge < -0.3 is 9.47 Å². The lowest BCUT2D eigenvalue weighted by molar-refractivity contribution is -0.479. The van der Waals surface area contributed by atoms with Gasteiger partial charge in [0.2, 0.25) is 6.54 Å². The van der Waals surface area contributed by atoms with Gasteiger partial charge in [-0.2, -0.15) is 0 Å². The van der Waals surface area contributed by atoms with Crippen molar-refractivity contribution in [3.63, 3.8) is 0 Å². The molecule has 37 heavy (non-hydrogen) atoms. The monoisotopic (exact) mass is 646 g/mol. The third-order valence-corrected chi connectivity index (χ3v) is 7.84. The normalized spacial score (nSPS) is 11.8. The highest BCUT2D eigenvalue weighted by Gasteiger charge is 2.26. The van der Waals surface area contributed by atoms with Gasteiger partial charge in [-0.3, -0.25) is 14.7 Å². The van der Waals surface area contributed by atoms with Crippen LogP contribution in [0, 0.1) is 24.0 Å². The van der Waals surface area contributed by atoms with E-state index in [9.17, 15) is 10.1 Å². The van der Waals surface area contributed by atoms with E-state index in [1.807, 2.05) is 73.0 Å². The molecule has 1 atom stereocenters. The fourth-order valence-corrected chi connectivity index (χ4v) is 5.75. The molecule has 3 aromatic carbocycles. The topological polar surface area (TPSA) is 92.3 Å². The van der Waals surface area contributed by atoms with Gasteiger partial charge >= 0.3 is 0 Å². The van der Waals surface area contributed by atoms with E-state index < -0.39 is 5.25 Å². The molecule has 0 radical (unpaired) electrons. The summed E-state index contributed by atoms with van der Waals surface area (Å²) in [5.41, 5.74) is 3.70. The Bertz CT molecular complexity index is 1410. The van der Waals surface area contributed by atoms with Gasteiger partial charge in [-0.05, 0) is 82.9 Å². The highest BCUT2D eigenvalue weighted by Crippen LogP contribution is 2.43. The van der Waals surface area contributed by atoms with Gasteiger partial charge in [0.15, 0.2) is 16.7 Å². The first-order valence-electron chi connectivity index (χ1n) is 11.3. The molecular formula is C26H24Br2N4O4S. The molecule has 11 heteroatoms. The zero-order valence-electron chi connectivity index (χ0n) is 20.4. The average molecular weight is 648 g/mol. The first kappa shape index (κ1) is 27.2. The van der Waals surface area contributed by atoms with Crippen LogP contribution in [0.3, 0.4) is 0 Å². The van der Waals surface area contributed by atoms with Crippen LogP contribution < -0.4 is 9.47 Å². The molecule has 8 nitrogen and oxygen atoms in total. The molecule has 0 aliphatic carbocycles. The van der Waals surface area contributed by atoms with Crippen LogP contribution in [0.4, 0.5) is 0 Å². The molecule has 0 saturated heterocycles. The number of nitrogens with zero attached hydrogens (tertiary/aromatic N) is 4. The highest BCUT2D eigenvalue weighted by molar-refractivity contribution is 9.10. The number of thioether (sulfide) groups is 1. The Hall–Kier alpha value is -2.89. The largest absolute Gasteiger partial charge is 0.493 e. The van der Waals surface area contributed by atoms with E-state index in [0.717, 1.165) is 21.3 Å². The fraction of sp³-hybridized carbons (Fsp3) is 0.231. The number of hydrogen-bond donors (Lipinski definition) is 0. The van der Waals surface area contributed by atoms with E-state index >= 15 is 0 Å². The first-order valence-corrected chi connectivity index (χ1v) is 13.7. The molecule has 0 unspecified atom stereocenters. The van der Waals surface area contributed by atoms with E-state index in [0.29, 0.717) is 39.1 Å². The zero-order chi connectivity index (χ0) is 26.5. The summed E-state index contributed by atoms with van der Waals surface area (Å²) in [7, 11) is 1.55. The lowest BCUT2D eigenvalue weighted by Crippen LogP contribution is -2.12. The second-order valence-corrected chi connectivity index (χ2v) is 11.2. The maximum Gasteiger partial charge on any atom is 0.220 e. The summed E-state index contributed by atoms with van der Waals surface area (Å²) in [6.45, 7) is 3.90. The van der Waals surface area contributed by atoms with E-state index in [-0.39, 0.29) is 11.5 Å². The van der Waals surface area contributed by atoms with Gasteiger partial charge in [-0.15, -0.1) is 10.2 Å². The Kier molecular flexibility index (Phi) is 8.88. The number of ether oxygens (including phenoxy) is 2. The lowest BCUT2D eigenvalue weighted by atomic mass is 10.1. The second-order valence-electron chi connectivity index (χ2n) is 8.28. The molecule has 0 aliphatic heterocycles. The van der Waals surface area contributed by atoms with Crippen molar-refractivity contribution in [2.75, 3.05) is 13.7 Å². The molecule has 4 aromatic rings. The van der Waals surface area contributed by atoms with E-state index in [2.05, 4.69) is 42.1 Å². The summed E-state index contributed by atoms with van der Waals surface area (Å²) in [5, 5.41) is 20.2. The molecule has 192 valence electrons. The SMILES string of the molecule is COc1cc([C@@H](C[N+](=O)[O-])Sc2nnc(C)n2-c2cccc(C)c2)cc(Br)c1OCc1ccc(Br)cc1. The van der Waals surface area contributed by atoms with Crippen molar-refractivity contribution in [3.8, 4) is 17.2 Å². The quantitative estimate of drug-likeness (QED) is 0.103. The standard InChI is InChI=1S/C26H24Br2N4O4S/c1-16-5-4-6-21(11-16)32-17(2)29-30-26(32)37-24(14-31(33)34)19-12-22(28)25(23(13-19)35-3)36-15-18-7-9-20(27)10-8-18/h4-13,24H,14-15H2,1-3H3/t24-/m1/s1. The van der Waals surface area contributed by atoms with Crippen molar-refractivity contribution < 1.29 is 14.4 Å². The minimum absolute atomic E-state index is 0.306. The molecule has 4 rings (SSSR count). The number of aryl methyl sites for hydroxylation is 2. The van der Waals surface area contributed by atoms with Crippen LogP contribution in [0.25, 0.3) is 5.69 Å². The maximum atomic E-state index is 11.6. The van der Waals surface area contributed by atoms with Crippen LogP contribution in [-0.4, -0.2) is 33.3 Å². The van der Waals surface area contributed by atoms with E-state index in [1.54, 1.807) is 13.2 Å². The molecule has 0 aliphatic rings. The zero-order valence-corrected chi connectivity index (χ0v) is 24.3. The van der Waals surface area contributed by atoms with Gasteiger partial charge in [-0.25, -0.2) is 0 Å². The number of halogens is 2. The molecule has 0 N–H and O–H groups in total. The van der Waals surface area contributed by atoms with Crippen molar-refractivity contribution in [2.24, 2.45) is 0 Å². The van der Waals surface area contributed by atoms with Crippen LogP contribution in [-0.2, 0) is 6.61 Å². The maximum absolute atomic E-state index is 11.6. The minimum Gasteiger partial charge on any atom is -0.493 e.